The Hall–Kier alpha value is 2.51. The van der Waals surface area contributed by atoms with Gasteiger partial charge in [0.25, 0.3) is 0 Å². The van der Waals surface area contributed by atoms with Crippen LogP contribution in [-0.4, -0.2) is 17.4 Å². The molecule has 0 aliphatic rings. The molecule has 0 saturated carbocycles. The Balaban J connectivity index is 0. The van der Waals surface area contributed by atoms with Gasteiger partial charge in [-0.2, -0.15) is 0 Å². The van der Waals surface area contributed by atoms with Crippen LogP contribution in [0.1, 0.15) is 0 Å². The summed E-state index contributed by atoms with van der Waals surface area (Å²) in [6.45, 7) is 0. The first-order valence-electron chi connectivity index (χ1n) is 0. The van der Waals surface area contributed by atoms with Crippen molar-refractivity contribution in [2.24, 2.45) is 0 Å². The van der Waals surface area contributed by atoms with Crippen molar-refractivity contribution in [3.05, 3.63) is 0 Å². The second-order valence-electron chi connectivity index (χ2n) is 0. The van der Waals surface area contributed by atoms with Crippen LogP contribution >= 0.6 is 0 Å². The molecule has 0 aromatic carbocycles. The molecule has 0 aromatic heterocycles. The summed E-state index contributed by atoms with van der Waals surface area (Å²) in [6, 6.07) is 0. The van der Waals surface area contributed by atoms with Crippen LogP contribution in [0.15, 0.2) is 0 Å². The molecule has 0 nitrogen and oxygen atoms in total. The predicted octanol–water partition coefficient (Wildman–Crippen LogP) is -0.388. The van der Waals surface area contributed by atoms with E-state index in [2.05, 4.69) is 0 Å². The van der Waals surface area contributed by atoms with Crippen molar-refractivity contribution < 1.29 is 61.2 Å². The van der Waals surface area contributed by atoms with Gasteiger partial charge < -0.3 is 0 Å². The summed E-state index contributed by atoms with van der Waals surface area (Å²) < 4.78 is 0. The van der Waals surface area contributed by atoms with Gasteiger partial charge in [0.2, 0.25) is 0 Å². The molecule has 5 radical (unpaired) electrons. The molecule has 0 aromatic rings. The zero-order valence-corrected chi connectivity index (χ0v) is 7.50. The van der Waals surface area contributed by atoms with Gasteiger partial charge in [0, 0.05) is 78.5 Å². The Labute approximate surface area is 77.5 Å². The Morgan fingerprint density at radius 2 is 1.00 bits per heavy atom. The van der Waals surface area contributed by atoms with Crippen molar-refractivity contribution in [2.45, 2.75) is 0 Å². The Bertz CT molecular complexity index is 8.00. The Morgan fingerprint density at radius 3 is 1.00 bits per heavy atom. The van der Waals surface area contributed by atoms with Crippen molar-refractivity contribution >= 4 is 17.4 Å². The fraction of sp³-hybridized carbons (Fsp3) is 0. The Morgan fingerprint density at radius 1 is 1.00 bits per heavy atom. The van der Waals surface area contributed by atoms with Crippen LogP contribution < -0.4 is 0 Å². The first kappa shape index (κ1) is 31.4. The van der Waals surface area contributed by atoms with Gasteiger partial charge in [-0.05, 0) is 0 Å². The average Bonchev–Trinajstić information content (AvgIpc) is 0. The third-order valence-corrected chi connectivity index (χ3v) is 0. The maximum Gasteiger partial charge on any atom is 0 e. The molecule has 0 spiro atoms. The Kier molecular flexibility index (Phi) is 140. The third kappa shape index (κ3) is 8.82. The van der Waals surface area contributed by atoms with Crippen molar-refractivity contribution in [3.63, 3.8) is 0 Å². The van der Waals surface area contributed by atoms with Crippen molar-refractivity contribution in [1.82, 2.24) is 0 Å². The SMILES string of the molecule is [Al].[Au].[Cu].[Ti]. The monoisotopic (exact) mass is 335 g/mol. The van der Waals surface area contributed by atoms with Crippen LogP contribution in [0.5, 0.6) is 0 Å². The van der Waals surface area contributed by atoms with Gasteiger partial charge in [-0.1, -0.05) is 0 Å². The second kappa shape index (κ2) is 17.8. The van der Waals surface area contributed by atoms with Gasteiger partial charge in [-0.15, -0.1) is 0 Å². The molecule has 4 heavy (non-hydrogen) atoms. The predicted molar refractivity (Wildman–Crippen MR) is 5.75 cm³/mol. The van der Waals surface area contributed by atoms with Crippen LogP contribution in [0.2, 0.25) is 0 Å². The van der Waals surface area contributed by atoms with Crippen molar-refractivity contribution in [1.29, 1.82) is 0 Å². The summed E-state index contributed by atoms with van der Waals surface area (Å²) in [7, 11) is 0. The zero-order chi connectivity index (χ0) is 0. The van der Waals surface area contributed by atoms with Crippen LogP contribution in [0.3, 0.4) is 0 Å². The molecule has 0 atom stereocenters. The molecule has 0 bridgehead atoms. The van der Waals surface area contributed by atoms with E-state index >= 15 is 0 Å². The van der Waals surface area contributed by atoms with Gasteiger partial charge >= 0.3 is 0 Å². The van der Waals surface area contributed by atoms with E-state index < -0.39 is 0 Å². The van der Waals surface area contributed by atoms with Gasteiger partial charge in [0.15, 0.2) is 0 Å². The molecule has 0 aliphatic carbocycles. The third-order valence-electron chi connectivity index (χ3n) is 0. The van der Waals surface area contributed by atoms with Crippen LogP contribution in [-0.2, 0) is 61.2 Å². The standard InChI is InChI=1S/Al.Au.Cu.Ti. The summed E-state index contributed by atoms with van der Waals surface area (Å²) >= 11 is 0. The maximum atomic E-state index is 0. The van der Waals surface area contributed by atoms with E-state index in [1.165, 1.54) is 0 Å². The molecule has 0 heterocycles. The smallest absolute Gasteiger partial charge is 0 e. The molecule has 0 amide bonds. The largest absolute Gasteiger partial charge is 0 e. The summed E-state index contributed by atoms with van der Waals surface area (Å²) in [5, 5.41) is 0. The molecular weight excluding hydrogens is 335 g/mol. The maximum absolute atomic E-state index is 0. The second-order valence-corrected chi connectivity index (χ2v) is 0. The first-order valence-corrected chi connectivity index (χ1v) is 0. The van der Waals surface area contributed by atoms with Gasteiger partial charge in [0.05, 0.1) is 0 Å². The molecular formula is AlAuCuTi. The first-order chi connectivity index (χ1) is 0. The number of hydrogen-bond donors (Lipinski definition) is 0. The van der Waals surface area contributed by atoms with E-state index in [1.54, 1.807) is 0 Å². The molecule has 4 heteroatoms. The minimum atomic E-state index is 0. The van der Waals surface area contributed by atoms with Crippen LogP contribution in [0.25, 0.3) is 0 Å². The quantitative estimate of drug-likeness (QED) is 0.529. The van der Waals surface area contributed by atoms with E-state index in [1.807, 2.05) is 0 Å². The molecule has 0 fully saturated rings. The van der Waals surface area contributed by atoms with E-state index in [-0.39, 0.29) is 78.5 Å². The topological polar surface area (TPSA) is 0 Å². The zero-order valence-electron chi connectivity index (χ0n) is 1.68. The summed E-state index contributed by atoms with van der Waals surface area (Å²) in [5.74, 6) is 0. The van der Waals surface area contributed by atoms with E-state index in [9.17, 15) is 0 Å². The summed E-state index contributed by atoms with van der Waals surface area (Å²) in [5.41, 5.74) is 0. The van der Waals surface area contributed by atoms with Crippen LogP contribution in [0.4, 0.5) is 0 Å². The van der Waals surface area contributed by atoms with E-state index in [0.717, 1.165) is 0 Å². The van der Waals surface area contributed by atoms with Crippen molar-refractivity contribution in [3.8, 4) is 0 Å². The van der Waals surface area contributed by atoms with Gasteiger partial charge in [-0.25, -0.2) is 0 Å². The normalized spacial score (nSPS) is 0. The minimum Gasteiger partial charge on any atom is 0 e. The fourth-order valence-electron chi connectivity index (χ4n) is 0. The molecule has 0 N–H and O–H groups in total. The van der Waals surface area contributed by atoms with E-state index in [4.69, 9.17) is 0 Å². The average molecular weight is 335 g/mol. The number of rotatable bonds is 0. The van der Waals surface area contributed by atoms with Crippen molar-refractivity contribution in [2.75, 3.05) is 0 Å². The molecule has 0 aliphatic heterocycles. The van der Waals surface area contributed by atoms with Gasteiger partial charge in [0.1, 0.15) is 0 Å². The fourth-order valence-corrected chi connectivity index (χ4v) is 0. The van der Waals surface area contributed by atoms with E-state index in [0.29, 0.717) is 0 Å². The molecule has 0 saturated heterocycles. The van der Waals surface area contributed by atoms with Crippen LogP contribution in [0, 0.1) is 0 Å². The molecule has 29 valence electrons. The summed E-state index contributed by atoms with van der Waals surface area (Å²) in [6.07, 6.45) is 0. The minimum absolute atomic E-state index is 0. The summed E-state index contributed by atoms with van der Waals surface area (Å²) in [4.78, 5) is 0. The molecule has 0 unspecified atom stereocenters. The number of hydrogen-bond acceptors (Lipinski definition) is 0. The molecule has 0 rings (SSSR count). The van der Waals surface area contributed by atoms with Gasteiger partial charge in [-0.3, -0.25) is 0 Å².